The minimum atomic E-state index is -0.319. The summed E-state index contributed by atoms with van der Waals surface area (Å²) in [6, 6.07) is 7.59. The fourth-order valence-electron chi connectivity index (χ4n) is 5.40. The number of rotatable bonds is 1. The number of benzene rings is 1. The van der Waals surface area contributed by atoms with E-state index in [-0.39, 0.29) is 28.9 Å². The number of nitrogens with zero attached hydrogens (tertiary/aromatic N) is 3. The molecule has 6 nitrogen and oxygen atoms in total. The second-order valence-electron chi connectivity index (χ2n) is 9.56. The van der Waals surface area contributed by atoms with Crippen LogP contribution in [0.1, 0.15) is 55.3 Å². The first kappa shape index (κ1) is 19.9. The van der Waals surface area contributed by atoms with Crippen molar-refractivity contribution in [1.29, 1.82) is 0 Å². The molecule has 0 unspecified atom stereocenters. The zero-order valence-corrected chi connectivity index (χ0v) is 18.5. The van der Waals surface area contributed by atoms with E-state index in [1.165, 1.54) is 0 Å². The van der Waals surface area contributed by atoms with Crippen molar-refractivity contribution in [3.8, 4) is 5.75 Å². The van der Waals surface area contributed by atoms with Crippen LogP contribution in [0.4, 0.5) is 0 Å². The van der Waals surface area contributed by atoms with Gasteiger partial charge in [0, 0.05) is 42.8 Å². The molecule has 3 aliphatic rings. The Balaban J connectivity index is 1.33. The molecule has 30 heavy (non-hydrogen) atoms. The number of ether oxygens (including phenoxy) is 2. The van der Waals surface area contributed by atoms with Crippen molar-refractivity contribution in [2.75, 3.05) is 19.7 Å². The van der Waals surface area contributed by atoms with E-state index in [0.29, 0.717) is 17.3 Å². The number of hydrogen-bond donors (Lipinski definition) is 0. The number of aryl methyl sites for hydroxylation is 1. The van der Waals surface area contributed by atoms with Gasteiger partial charge in [-0.3, -0.25) is 9.48 Å². The zero-order valence-electron chi connectivity index (χ0n) is 17.7. The molecule has 2 atom stereocenters. The number of carbonyl (C=O) groups is 1. The molecule has 5 rings (SSSR count). The van der Waals surface area contributed by atoms with Crippen LogP contribution in [0.15, 0.2) is 30.5 Å². The molecule has 2 saturated heterocycles. The van der Waals surface area contributed by atoms with Gasteiger partial charge in [0.1, 0.15) is 17.0 Å². The Bertz CT molecular complexity index is 978. The van der Waals surface area contributed by atoms with Crippen LogP contribution < -0.4 is 4.74 Å². The Kier molecular flexibility index (Phi) is 4.63. The van der Waals surface area contributed by atoms with Crippen LogP contribution in [0.2, 0.25) is 5.02 Å². The maximum Gasteiger partial charge on any atom is 0.272 e. The maximum absolute atomic E-state index is 12.9. The van der Waals surface area contributed by atoms with Crippen molar-refractivity contribution in [3.63, 3.8) is 0 Å². The van der Waals surface area contributed by atoms with Gasteiger partial charge in [-0.2, -0.15) is 5.10 Å². The largest absolute Gasteiger partial charge is 0.487 e. The van der Waals surface area contributed by atoms with Gasteiger partial charge in [0.15, 0.2) is 0 Å². The standard InChI is InChI=1S/C23H28ClN3O3/c1-22(2)17-13-23(14-29-20(17)16-12-15(24)4-5-19(16)30-22)7-10-27(11-8-23)21(28)18-6-9-25-26(18)3/h4-6,9,12,17,20H,7-8,10-11,13-14H2,1-3H3/t17-,20+/m0/s1. The van der Waals surface area contributed by atoms with Crippen LogP contribution in [-0.2, 0) is 11.8 Å². The minimum Gasteiger partial charge on any atom is -0.487 e. The average Bonchev–Trinajstić information content (AvgIpc) is 3.15. The van der Waals surface area contributed by atoms with E-state index >= 15 is 0 Å². The van der Waals surface area contributed by atoms with E-state index in [1.807, 2.05) is 30.1 Å². The van der Waals surface area contributed by atoms with Crippen LogP contribution in [0.25, 0.3) is 0 Å². The molecule has 1 amide bonds. The molecule has 2 fully saturated rings. The Morgan fingerprint density at radius 1 is 1.23 bits per heavy atom. The normalized spacial score (nSPS) is 26.6. The first-order chi connectivity index (χ1) is 14.3. The summed E-state index contributed by atoms with van der Waals surface area (Å²) in [7, 11) is 1.81. The third kappa shape index (κ3) is 3.21. The lowest BCUT2D eigenvalue weighted by atomic mass is 9.64. The van der Waals surface area contributed by atoms with Crippen molar-refractivity contribution < 1.29 is 14.3 Å². The molecule has 0 aliphatic carbocycles. The van der Waals surface area contributed by atoms with Crippen LogP contribution in [0.3, 0.4) is 0 Å². The van der Waals surface area contributed by atoms with Crippen molar-refractivity contribution >= 4 is 17.5 Å². The van der Waals surface area contributed by atoms with Crippen molar-refractivity contribution in [1.82, 2.24) is 14.7 Å². The second-order valence-corrected chi connectivity index (χ2v) is 10.00. The summed E-state index contributed by atoms with van der Waals surface area (Å²) in [5.74, 6) is 1.18. The highest BCUT2D eigenvalue weighted by molar-refractivity contribution is 6.30. The van der Waals surface area contributed by atoms with Gasteiger partial charge >= 0.3 is 0 Å². The molecule has 0 radical (unpaired) electrons. The predicted molar refractivity (Wildman–Crippen MR) is 114 cm³/mol. The molecular weight excluding hydrogens is 402 g/mol. The number of amides is 1. The van der Waals surface area contributed by atoms with Gasteiger partial charge in [-0.1, -0.05) is 11.6 Å². The van der Waals surface area contributed by atoms with Gasteiger partial charge in [-0.15, -0.1) is 0 Å². The van der Waals surface area contributed by atoms with Crippen LogP contribution in [0.5, 0.6) is 5.75 Å². The summed E-state index contributed by atoms with van der Waals surface area (Å²) in [6.45, 7) is 6.52. The summed E-state index contributed by atoms with van der Waals surface area (Å²) in [5, 5.41) is 4.84. The van der Waals surface area contributed by atoms with Gasteiger partial charge < -0.3 is 14.4 Å². The molecule has 1 aromatic carbocycles. The number of hydrogen-bond acceptors (Lipinski definition) is 4. The maximum atomic E-state index is 12.9. The van der Waals surface area contributed by atoms with Gasteiger partial charge in [-0.05, 0) is 62.8 Å². The lowest BCUT2D eigenvalue weighted by Crippen LogP contribution is -2.54. The first-order valence-electron chi connectivity index (χ1n) is 10.7. The quantitative estimate of drug-likeness (QED) is 0.680. The van der Waals surface area contributed by atoms with E-state index in [0.717, 1.165) is 43.7 Å². The van der Waals surface area contributed by atoms with Crippen molar-refractivity contribution in [2.24, 2.45) is 18.4 Å². The van der Waals surface area contributed by atoms with E-state index in [2.05, 4.69) is 18.9 Å². The minimum absolute atomic E-state index is 0.00202. The van der Waals surface area contributed by atoms with Crippen LogP contribution >= 0.6 is 11.6 Å². The number of fused-ring (bicyclic) bond motifs is 3. The molecule has 1 aromatic heterocycles. The molecule has 1 spiro atoms. The highest BCUT2D eigenvalue weighted by Gasteiger charge is 2.53. The van der Waals surface area contributed by atoms with E-state index < -0.39 is 0 Å². The van der Waals surface area contributed by atoms with Crippen LogP contribution in [0, 0.1) is 11.3 Å². The molecule has 0 saturated carbocycles. The smallest absolute Gasteiger partial charge is 0.272 e. The predicted octanol–water partition coefficient (Wildman–Crippen LogP) is 4.24. The molecule has 4 heterocycles. The van der Waals surface area contributed by atoms with Gasteiger partial charge in [-0.25, -0.2) is 0 Å². The fourth-order valence-corrected chi connectivity index (χ4v) is 5.58. The summed E-state index contributed by atoms with van der Waals surface area (Å²) < 4.78 is 14.6. The first-order valence-corrected chi connectivity index (χ1v) is 11.0. The third-order valence-corrected chi connectivity index (χ3v) is 7.52. The molecule has 160 valence electrons. The summed E-state index contributed by atoms with van der Waals surface area (Å²) in [4.78, 5) is 14.8. The van der Waals surface area contributed by atoms with Crippen molar-refractivity contribution in [3.05, 3.63) is 46.7 Å². The average molecular weight is 430 g/mol. The summed E-state index contributed by atoms with van der Waals surface area (Å²) in [6.07, 6.45) is 4.59. The second kappa shape index (κ2) is 6.99. The Labute approximate surface area is 182 Å². The Morgan fingerprint density at radius 3 is 2.70 bits per heavy atom. The number of carbonyl (C=O) groups excluding carboxylic acids is 1. The lowest BCUT2D eigenvalue weighted by molar-refractivity contribution is -0.173. The lowest BCUT2D eigenvalue weighted by Gasteiger charge is -2.54. The molecule has 7 heteroatoms. The SMILES string of the molecule is Cn1nccc1C(=O)N1CCC2(CC1)CO[C@@H]1c3cc(Cl)ccc3OC(C)(C)[C@H]1C2. The topological polar surface area (TPSA) is 56.6 Å². The van der Waals surface area contributed by atoms with E-state index in [1.54, 1.807) is 16.9 Å². The summed E-state index contributed by atoms with van der Waals surface area (Å²) in [5.41, 5.74) is 1.47. The van der Waals surface area contributed by atoms with E-state index in [4.69, 9.17) is 21.1 Å². The molecule has 3 aliphatic heterocycles. The highest BCUT2D eigenvalue weighted by Crippen LogP contribution is 2.55. The molecular formula is C23H28ClN3O3. The third-order valence-electron chi connectivity index (χ3n) is 7.28. The van der Waals surface area contributed by atoms with Gasteiger partial charge in [0.2, 0.25) is 0 Å². The molecule has 2 aromatic rings. The van der Waals surface area contributed by atoms with Gasteiger partial charge in [0.25, 0.3) is 5.91 Å². The van der Waals surface area contributed by atoms with Gasteiger partial charge in [0.05, 0.1) is 12.7 Å². The summed E-state index contributed by atoms with van der Waals surface area (Å²) >= 11 is 6.27. The number of halogens is 1. The Morgan fingerprint density at radius 2 is 2.00 bits per heavy atom. The number of likely N-dealkylation sites (tertiary alicyclic amines) is 1. The highest BCUT2D eigenvalue weighted by atomic mass is 35.5. The molecule has 0 N–H and O–H groups in total. The van der Waals surface area contributed by atoms with E-state index in [9.17, 15) is 4.79 Å². The van der Waals surface area contributed by atoms with Crippen molar-refractivity contribution in [2.45, 2.75) is 44.8 Å². The number of piperidine rings is 1. The zero-order chi connectivity index (χ0) is 21.1. The van der Waals surface area contributed by atoms with Crippen LogP contribution in [-0.4, -0.2) is 45.9 Å². The fraction of sp³-hybridized carbons (Fsp3) is 0.565. The number of aromatic nitrogens is 2. The Hall–Kier alpha value is -2.05. The molecule has 0 bridgehead atoms. The monoisotopic (exact) mass is 429 g/mol.